The summed E-state index contributed by atoms with van der Waals surface area (Å²) in [6, 6.07) is 2.52. The molecule has 0 amide bonds. The van der Waals surface area contributed by atoms with Crippen LogP contribution in [0.15, 0.2) is 6.07 Å². The molecule has 1 aromatic rings. The fraction of sp³-hybridized carbons (Fsp3) is 0.714. The molecule has 98 valence electrons. The van der Waals surface area contributed by atoms with E-state index in [2.05, 4.69) is 23.7 Å². The van der Waals surface area contributed by atoms with Crippen molar-refractivity contribution in [1.82, 2.24) is 9.97 Å². The molecular formula is C14H20ClN3. The zero-order valence-corrected chi connectivity index (χ0v) is 11.8. The Morgan fingerprint density at radius 1 is 1.28 bits per heavy atom. The van der Waals surface area contributed by atoms with E-state index in [4.69, 9.17) is 16.6 Å². The SMILES string of the molecule is CC(C)C1CCCN1c1cc(Cl)nc(C2CC2)n1. The summed E-state index contributed by atoms with van der Waals surface area (Å²) in [5, 5.41) is 0.594. The second-order valence-corrected chi connectivity index (χ2v) is 6.22. The highest BCUT2D eigenvalue weighted by atomic mass is 35.5. The number of rotatable bonds is 3. The standard InChI is InChI=1S/C14H20ClN3/c1-9(2)11-4-3-7-18(11)13-8-12(15)16-14(17-13)10-5-6-10/h8-11H,3-7H2,1-2H3. The van der Waals surface area contributed by atoms with Crippen molar-refractivity contribution in [2.75, 3.05) is 11.4 Å². The maximum Gasteiger partial charge on any atom is 0.135 e. The highest BCUT2D eigenvalue weighted by molar-refractivity contribution is 6.29. The second-order valence-electron chi connectivity index (χ2n) is 5.83. The van der Waals surface area contributed by atoms with Gasteiger partial charge in [-0.2, -0.15) is 0 Å². The molecule has 1 atom stereocenters. The first-order valence-corrected chi connectivity index (χ1v) is 7.34. The van der Waals surface area contributed by atoms with Gasteiger partial charge in [-0.15, -0.1) is 0 Å². The minimum Gasteiger partial charge on any atom is -0.353 e. The van der Waals surface area contributed by atoms with Crippen LogP contribution >= 0.6 is 11.6 Å². The van der Waals surface area contributed by atoms with Gasteiger partial charge in [0.15, 0.2) is 0 Å². The Kier molecular flexibility index (Phi) is 3.18. The fourth-order valence-electron chi connectivity index (χ4n) is 2.86. The third kappa shape index (κ3) is 2.33. The number of anilines is 1. The van der Waals surface area contributed by atoms with Gasteiger partial charge in [-0.1, -0.05) is 25.4 Å². The van der Waals surface area contributed by atoms with Crippen LogP contribution in [0.1, 0.15) is 51.3 Å². The van der Waals surface area contributed by atoms with E-state index in [1.807, 2.05) is 6.07 Å². The molecule has 1 aliphatic heterocycles. The van der Waals surface area contributed by atoms with Crippen molar-refractivity contribution < 1.29 is 0 Å². The predicted octanol–water partition coefficient (Wildman–Crippen LogP) is 3.63. The summed E-state index contributed by atoms with van der Waals surface area (Å²) in [6.07, 6.45) is 4.95. The van der Waals surface area contributed by atoms with Crippen molar-refractivity contribution in [3.05, 3.63) is 17.0 Å². The second kappa shape index (κ2) is 4.69. The summed E-state index contributed by atoms with van der Waals surface area (Å²) in [5.41, 5.74) is 0. The number of aromatic nitrogens is 2. The maximum absolute atomic E-state index is 6.15. The van der Waals surface area contributed by atoms with Gasteiger partial charge >= 0.3 is 0 Å². The normalized spacial score (nSPS) is 24.0. The van der Waals surface area contributed by atoms with Crippen LogP contribution in [0.3, 0.4) is 0 Å². The van der Waals surface area contributed by atoms with Gasteiger partial charge in [-0.3, -0.25) is 0 Å². The Labute approximate surface area is 114 Å². The third-order valence-electron chi connectivity index (χ3n) is 4.00. The lowest BCUT2D eigenvalue weighted by Gasteiger charge is -2.29. The number of halogens is 1. The van der Waals surface area contributed by atoms with Crippen LogP contribution in [0, 0.1) is 5.92 Å². The van der Waals surface area contributed by atoms with Crippen molar-refractivity contribution in [2.45, 2.75) is 51.5 Å². The van der Waals surface area contributed by atoms with Gasteiger partial charge < -0.3 is 4.90 Å². The lowest BCUT2D eigenvalue weighted by atomic mass is 10.0. The first-order chi connectivity index (χ1) is 8.65. The van der Waals surface area contributed by atoms with Crippen molar-refractivity contribution in [3.63, 3.8) is 0 Å². The van der Waals surface area contributed by atoms with E-state index < -0.39 is 0 Å². The van der Waals surface area contributed by atoms with Crippen LogP contribution in [-0.4, -0.2) is 22.6 Å². The molecule has 4 heteroatoms. The lowest BCUT2D eigenvalue weighted by molar-refractivity contribution is 0.489. The molecule has 0 bridgehead atoms. The van der Waals surface area contributed by atoms with Crippen molar-refractivity contribution in [3.8, 4) is 0 Å². The molecule has 1 unspecified atom stereocenters. The first-order valence-electron chi connectivity index (χ1n) is 6.96. The summed E-state index contributed by atoms with van der Waals surface area (Å²) in [7, 11) is 0. The molecule has 2 fully saturated rings. The molecular weight excluding hydrogens is 246 g/mol. The average molecular weight is 266 g/mol. The molecule has 2 heterocycles. The van der Waals surface area contributed by atoms with E-state index in [0.29, 0.717) is 23.0 Å². The van der Waals surface area contributed by atoms with Gasteiger partial charge in [-0.25, -0.2) is 9.97 Å². The molecule has 3 rings (SSSR count). The quantitative estimate of drug-likeness (QED) is 0.782. The van der Waals surface area contributed by atoms with E-state index in [0.717, 1.165) is 18.2 Å². The van der Waals surface area contributed by atoms with Gasteiger partial charge in [0.05, 0.1) is 0 Å². The van der Waals surface area contributed by atoms with Crippen LogP contribution in [0.2, 0.25) is 5.15 Å². The van der Waals surface area contributed by atoms with Crippen LogP contribution < -0.4 is 4.90 Å². The third-order valence-corrected chi connectivity index (χ3v) is 4.20. The molecule has 0 radical (unpaired) electrons. The van der Waals surface area contributed by atoms with Gasteiger partial charge in [0.25, 0.3) is 0 Å². The zero-order chi connectivity index (χ0) is 12.7. The molecule has 1 saturated heterocycles. The van der Waals surface area contributed by atoms with Gasteiger partial charge in [-0.05, 0) is 31.6 Å². The molecule has 3 nitrogen and oxygen atoms in total. The van der Waals surface area contributed by atoms with E-state index in [-0.39, 0.29) is 0 Å². The van der Waals surface area contributed by atoms with Crippen molar-refractivity contribution in [2.24, 2.45) is 5.92 Å². The van der Waals surface area contributed by atoms with Crippen LogP contribution in [0.5, 0.6) is 0 Å². The molecule has 1 aromatic heterocycles. The molecule has 18 heavy (non-hydrogen) atoms. The van der Waals surface area contributed by atoms with E-state index in [9.17, 15) is 0 Å². The minimum atomic E-state index is 0.558. The molecule has 0 spiro atoms. The monoisotopic (exact) mass is 265 g/mol. The predicted molar refractivity (Wildman–Crippen MR) is 74.2 cm³/mol. The number of hydrogen-bond acceptors (Lipinski definition) is 3. The highest BCUT2D eigenvalue weighted by Gasteiger charge is 2.31. The van der Waals surface area contributed by atoms with Gasteiger partial charge in [0.2, 0.25) is 0 Å². The topological polar surface area (TPSA) is 29.0 Å². The Bertz CT molecular complexity index is 443. The summed E-state index contributed by atoms with van der Waals surface area (Å²) >= 11 is 6.15. The van der Waals surface area contributed by atoms with E-state index >= 15 is 0 Å². The van der Waals surface area contributed by atoms with Gasteiger partial charge in [0.1, 0.15) is 16.8 Å². The maximum atomic E-state index is 6.15. The molecule has 0 N–H and O–H groups in total. The average Bonchev–Trinajstić information content (AvgIpc) is 3.05. The first kappa shape index (κ1) is 12.2. The van der Waals surface area contributed by atoms with E-state index in [1.165, 1.54) is 25.7 Å². The molecule has 1 saturated carbocycles. The fourth-order valence-corrected chi connectivity index (χ4v) is 3.05. The largest absolute Gasteiger partial charge is 0.353 e. The summed E-state index contributed by atoms with van der Waals surface area (Å²) in [6.45, 7) is 5.67. The smallest absolute Gasteiger partial charge is 0.135 e. The Morgan fingerprint density at radius 3 is 2.72 bits per heavy atom. The van der Waals surface area contributed by atoms with Gasteiger partial charge in [0, 0.05) is 24.6 Å². The number of nitrogens with zero attached hydrogens (tertiary/aromatic N) is 3. The minimum absolute atomic E-state index is 0.558. The molecule has 1 aliphatic carbocycles. The highest BCUT2D eigenvalue weighted by Crippen LogP contribution is 2.39. The Morgan fingerprint density at radius 2 is 2.06 bits per heavy atom. The molecule has 2 aliphatic rings. The number of hydrogen-bond donors (Lipinski definition) is 0. The van der Waals surface area contributed by atoms with Crippen molar-refractivity contribution in [1.29, 1.82) is 0 Å². The zero-order valence-electron chi connectivity index (χ0n) is 11.1. The van der Waals surface area contributed by atoms with Crippen LogP contribution in [0.25, 0.3) is 0 Å². The van der Waals surface area contributed by atoms with Crippen molar-refractivity contribution >= 4 is 17.4 Å². The van der Waals surface area contributed by atoms with E-state index in [1.54, 1.807) is 0 Å². The molecule has 0 aromatic carbocycles. The van der Waals surface area contributed by atoms with Crippen LogP contribution in [0.4, 0.5) is 5.82 Å². The summed E-state index contributed by atoms with van der Waals surface area (Å²) < 4.78 is 0. The summed E-state index contributed by atoms with van der Waals surface area (Å²) in [5.74, 6) is 3.20. The van der Waals surface area contributed by atoms with Crippen LogP contribution in [-0.2, 0) is 0 Å². The summed E-state index contributed by atoms with van der Waals surface area (Å²) in [4.78, 5) is 11.5. The Hall–Kier alpha value is -0.830. The lowest BCUT2D eigenvalue weighted by Crippen LogP contribution is -2.34. The Balaban J connectivity index is 1.90.